The summed E-state index contributed by atoms with van der Waals surface area (Å²) in [4.78, 5) is 12.5. The van der Waals surface area contributed by atoms with E-state index in [9.17, 15) is 18.0 Å². The highest BCUT2D eigenvalue weighted by molar-refractivity contribution is 6.10. The van der Waals surface area contributed by atoms with Gasteiger partial charge in [0.05, 0.1) is 18.9 Å². The van der Waals surface area contributed by atoms with Crippen LogP contribution in [0.25, 0.3) is 0 Å². The molecule has 0 fully saturated rings. The molecule has 1 aromatic carbocycles. The van der Waals surface area contributed by atoms with Gasteiger partial charge in [0, 0.05) is 12.1 Å². The maximum absolute atomic E-state index is 13.0. The van der Waals surface area contributed by atoms with Crippen molar-refractivity contribution in [3.63, 3.8) is 0 Å². The Morgan fingerprint density at radius 3 is 2.57 bits per heavy atom. The van der Waals surface area contributed by atoms with E-state index >= 15 is 0 Å². The Hall–Kier alpha value is -2.31. The second-order valence-corrected chi connectivity index (χ2v) is 4.25. The van der Waals surface area contributed by atoms with Crippen molar-refractivity contribution < 1.29 is 22.7 Å². The van der Waals surface area contributed by atoms with E-state index in [1.165, 1.54) is 30.1 Å². The van der Waals surface area contributed by atoms with E-state index in [1.807, 2.05) is 0 Å². The Labute approximate surface area is 119 Å². The maximum Gasteiger partial charge on any atom is 0.417 e. The number of benzene rings is 1. The first-order valence-corrected chi connectivity index (χ1v) is 6.20. The molecule has 0 aliphatic carbocycles. The van der Waals surface area contributed by atoms with Crippen LogP contribution in [0.15, 0.2) is 30.5 Å². The molecule has 0 radical (unpaired) electrons. The third kappa shape index (κ3) is 2.76. The number of halogens is 3. The first-order valence-electron chi connectivity index (χ1n) is 6.20. The zero-order valence-electron chi connectivity index (χ0n) is 11.4. The number of hydrogen-bond acceptors (Lipinski definition) is 3. The summed E-state index contributed by atoms with van der Waals surface area (Å²) in [6, 6.07) is 4.67. The third-order valence-corrected chi connectivity index (χ3v) is 3.02. The minimum atomic E-state index is -4.60. The van der Waals surface area contributed by atoms with Crippen LogP contribution in [0.4, 0.5) is 13.2 Å². The predicted octanol–water partition coefficient (Wildman–Crippen LogP) is 3.16. The van der Waals surface area contributed by atoms with Gasteiger partial charge in [-0.3, -0.25) is 9.48 Å². The predicted molar refractivity (Wildman–Crippen MR) is 69.3 cm³/mol. The monoisotopic (exact) mass is 298 g/mol. The standard InChI is InChI=1S/C14H13F3N2O2/c1-3-19-12(11(21-2)8-18-19)13(20)9-6-4-5-7-10(9)14(15,16)17/h4-8H,3H2,1-2H3. The number of nitrogens with zero attached hydrogens (tertiary/aromatic N) is 2. The molecule has 2 aromatic rings. The largest absolute Gasteiger partial charge is 0.493 e. The summed E-state index contributed by atoms with van der Waals surface area (Å²) in [6.45, 7) is 2.08. The zero-order valence-corrected chi connectivity index (χ0v) is 11.4. The van der Waals surface area contributed by atoms with Crippen LogP contribution in [0, 0.1) is 0 Å². The van der Waals surface area contributed by atoms with E-state index in [-0.39, 0.29) is 11.4 Å². The molecular formula is C14H13F3N2O2. The number of rotatable bonds is 4. The zero-order chi connectivity index (χ0) is 15.6. The van der Waals surface area contributed by atoms with Gasteiger partial charge in [0.1, 0.15) is 0 Å². The fourth-order valence-electron chi connectivity index (χ4n) is 2.04. The van der Waals surface area contributed by atoms with Gasteiger partial charge in [0.25, 0.3) is 0 Å². The van der Waals surface area contributed by atoms with Gasteiger partial charge in [-0.2, -0.15) is 18.3 Å². The molecule has 0 atom stereocenters. The number of ether oxygens (including phenoxy) is 1. The number of methoxy groups -OCH3 is 1. The molecule has 0 spiro atoms. The van der Waals surface area contributed by atoms with Crippen molar-refractivity contribution >= 4 is 5.78 Å². The Morgan fingerprint density at radius 2 is 2.00 bits per heavy atom. The highest BCUT2D eigenvalue weighted by atomic mass is 19.4. The fraction of sp³-hybridized carbons (Fsp3) is 0.286. The lowest BCUT2D eigenvalue weighted by atomic mass is 10.0. The van der Waals surface area contributed by atoms with Gasteiger partial charge in [-0.15, -0.1) is 0 Å². The number of carbonyl (C=O) groups excluding carboxylic acids is 1. The minimum Gasteiger partial charge on any atom is -0.493 e. The molecule has 1 heterocycles. The topological polar surface area (TPSA) is 44.1 Å². The van der Waals surface area contributed by atoms with Crippen LogP contribution in [0.5, 0.6) is 5.75 Å². The number of ketones is 1. The van der Waals surface area contributed by atoms with Crippen molar-refractivity contribution in [1.82, 2.24) is 9.78 Å². The van der Waals surface area contributed by atoms with Crippen LogP contribution in [0.1, 0.15) is 28.5 Å². The number of aromatic nitrogens is 2. The second kappa shape index (κ2) is 5.59. The Bertz CT molecular complexity index is 641. The van der Waals surface area contributed by atoms with Crippen LogP contribution in [-0.2, 0) is 12.7 Å². The van der Waals surface area contributed by atoms with Crippen molar-refractivity contribution in [2.24, 2.45) is 0 Å². The molecule has 0 bridgehead atoms. The molecule has 4 nitrogen and oxygen atoms in total. The molecule has 0 saturated heterocycles. The van der Waals surface area contributed by atoms with Crippen molar-refractivity contribution in [2.45, 2.75) is 19.6 Å². The Kier molecular flexibility index (Phi) is 4.02. The van der Waals surface area contributed by atoms with Crippen molar-refractivity contribution in [3.05, 3.63) is 47.3 Å². The van der Waals surface area contributed by atoms with Crippen molar-refractivity contribution in [3.8, 4) is 5.75 Å². The summed E-state index contributed by atoms with van der Waals surface area (Å²) >= 11 is 0. The highest BCUT2D eigenvalue weighted by Gasteiger charge is 2.36. The molecule has 0 unspecified atom stereocenters. The summed E-state index contributed by atoms with van der Waals surface area (Å²) < 4.78 is 45.4. The van der Waals surface area contributed by atoms with E-state index in [1.54, 1.807) is 6.92 Å². The summed E-state index contributed by atoms with van der Waals surface area (Å²) in [7, 11) is 1.34. The Balaban J connectivity index is 2.59. The quantitative estimate of drug-likeness (QED) is 0.814. The van der Waals surface area contributed by atoms with Gasteiger partial charge in [0.15, 0.2) is 11.4 Å². The molecule has 0 amide bonds. The lowest BCUT2D eigenvalue weighted by Crippen LogP contribution is -2.17. The summed E-state index contributed by atoms with van der Waals surface area (Å²) in [5.41, 5.74) is -1.38. The van der Waals surface area contributed by atoms with Crippen LogP contribution in [-0.4, -0.2) is 22.7 Å². The second-order valence-electron chi connectivity index (χ2n) is 4.25. The van der Waals surface area contributed by atoms with Gasteiger partial charge in [-0.1, -0.05) is 18.2 Å². The fourth-order valence-corrected chi connectivity index (χ4v) is 2.04. The highest BCUT2D eigenvalue weighted by Crippen LogP contribution is 2.33. The number of alkyl halides is 3. The van der Waals surface area contributed by atoms with E-state index in [2.05, 4.69) is 5.10 Å². The average molecular weight is 298 g/mol. The van der Waals surface area contributed by atoms with Crippen LogP contribution in [0.3, 0.4) is 0 Å². The summed E-state index contributed by atoms with van der Waals surface area (Å²) in [5, 5.41) is 3.93. The van der Waals surface area contributed by atoms with Gasteiger partial charge in [0.2, 0.25) is 5.78 Å². The molecule has 0 saturated carbocycles. The summed E-state index contributed by atoms with van der Waals surface area (Å²) in [5.74, 6) is -0.613. The molecule has 0 aliphatic rings. The molecular weight excluding hydrogens is 285 g/mol. The summed E-state index contributed by atoms with van der Waals surface area (Å²) in [6.07, 6.45) is -3.29. The molecule has 0 aliphatic heterocycles. The minimum absolute atomic E-state index is 0.0108. The smallest absolute Gasteiger partial charge is 0.417 e. The molecule has 1 aromatic heterocycles. The van der Waals surface area contributed by atoms with Crippen LogP contribution >= 0.6 is 0 Å². The molecule has 7 heteroatoms. The van der Waals surface area contributed by atoms with Crippen molar-refractivity contribution in [1.29, 1.82) is 0 Å². The molecule has 112 valence electrons. The van der Waals surface area contributed by atoms with Gasteiger partial charge in [-0.05, 0) is 13.0 Å². The Morgan fingerprint density at radius 1 is 1.33 bits per heavy atom. The molecule has 2 rings (SSSR count). The van der Waals surface area contributed by atoms with E-state index in [0.717, 1.165) is 12.1 Å². The first kappa shape index (κ1) is 15.1. The lowest BCUT2D eigenvalue weighted by molar-refractivity contribution is -0.137. The third-order valence-electron chi connectivity index (χ3n) is 3.02. The van der Waals surface area contributed by atoms with Crippen LogP contribution in [0.2, 0.25) is 0 Å². The average Bonchev–Trinajstić information content (AvgIpc) is 2.88. The number of aryl methyl sites for hydroxylation is 1. The number of carbonyl (C=O) groups is 1. The molecule has 21 heavy (non-hydrogen) atoms. The van der Waals surface area contributed by atoms with E-state index < -0.39 is 23.1 Å². The van der Waals surface area contributed by atoms with Gasteiger partial charge in [-0.25, -0.2) is 0 Å². The van der Waals surface area contributed by atoms with Gasteiger partial charge < -0.3 is 4.74 Å². The molecule has 0 N–H and O–H groups in total. The van der Waals surface area contributed by atoms with E-state index in [4.69, 9.17) is 4.74 Å². The van der Waals surface area contributed by atoms with Crippen LogP contribution < -0.4 is 4.74 Å². The first-order chi connectivity index (χ1) is 9.90. The van der Waals surface area contributed by atoms with Crippen molar-refractivity contribution in [2.75, 3.05) is 7.11 Å². The number of hydrogen-bond donors (Lipinski definition) is 0. The SMILES string of the molecule is CCn1ncc(OC)c1C(=O)c1ccccc1C(F)(F)F. The van der Waals surface area contributed by atoms with E-state index in [0.29, 0.717) is 6.54 Å². The maximum atomic E-state index is 13.0. The van der Waals surface area contributed by atoms with Gasteiger partial charge >= 0.3 is 6.18 Å². The lowest BCUT2D eigenvalue weighted by Gasteiger charge is -2.13. The normalized spacial score (nSPS) is 11.5.